The molecular formula is C24H39IN4O2. The van der Waals surface area contributed by atoms with Crippen molar-refractivity contribution < 1.29 is 9.47 Å². The minimum absolute atomic E-state index is 0. The predicted octanol–water partition coefficient (Wildman–Crippen LogP) is 3.49. The molecule has 3 saturated heterocycles. The fourth-order valence-corrected chi connectivity index (χ4v) is 4.74. The Hall–Kier alpha value is -0.900. The number of halogens is 1. The third kappa shape index (κ3) is 7.04. The van der Waals surface area contributed by atoms with Crippen molar-refractivity contribution in [2.75, 3.05) is 46.4 Å². The van der Waals surface area contributed by atoms with Crippen molar-refractivity contribution in [2.24, 2.45) is 10.9 Å². The molecule has 0 amide bonds. The number of benzene rings is 1. The van der Waals surface area contributed by atoms with Crippen molar-refractivity contribution >= 4 is 29.9 Å². The molecule has 4 rings (SSSR count). The van der Waals surface area contributed by atoms with Crippen LogP contribution in [0.15, 0.2) is 29.3 Å². The summed E-state index contributed by atoms with van der Waals surface area (Å²) in [6.07, 6.45) is 5.29. The van der Waals surface area contributed by atoms with Gasteiger partial charge in [0, 0.05) is 39.8 Å². The molecule has 3 fully saturated rings. The van der Waals surface area contributed by atoms with E-state index in [0.717, 1.165) is 64.1 Å². The average Bonchev–Trinajstić information content (AvgIpc) is 3.32. The number of morpholine rings is 1. The van der Waals surface area contributed by atoms with Crippen molar-refractivity contribution in [3.8, 4) is 0 Å². The molecule has 0 spiro atoms. The second-order valence-electron chi connectivity index (χ2n) is 9.08. The number of piperidine rings is 1. The highest BCUT2D eigenvalue weighted by Gasteiger charge is 2.32. The van der Waals surface area contributed by atoms with Gasteiger partial charge in [0.2, 0.25) is 0 Å². The molecule has 0 aromatic heterocycles. The Morgan fingerprint density at radius 2 is 1.71 bits per heavy atom. The molecule has 1 aromatic rings. The van der Waals surface area contributed by atoms with Gasteiger partial charge in [-0.25, -0.2) is 0 Å². The Balaban J connectivity index is 0.00000272. The highest BCUT2D eigenvalue weighted by molar-refractivity contribution is 14.0. The first-order valence-corrected chi connectivity index (χ1v) is 11.7. The minimum atomic E-state index is 0. The Morgan fingerprint density at radius 3 is 2.39 bits per heavy atom. The second kappa shape index (κ2) is 12.4. The predicted molar refractivity (Wildman–Crippen MR) is 136 cm³/mol. The van der Waals surface area contributed by atoms with Crippen LogP contribution < -0.4 is 5.32 Å². The van der Waals surface area contributed by atoms with Crippen LogP contribution in [0.2, 0.25) is 0 Å². The Bertz CT molecular complexity index is 685. The molecular weight excluding hydrogens is 503 g/mol. The van der Waals surface area contributed by atoms with Gasteiger partial charge in [0.25, 0.3) is 0 Å². The van der Waals surface area contributed by atoms with Gasteiger partial charge >= 0.3 is 0 Å². The van der Waals surface area contributed by atoms with Crippen molar-refractivity contribution in [1.82, 2.24) is 15.1 Å². The number of nitrogens with one attached hydrogen (secondary N) is 1. The SMILES string of the molecule is CN=C(NCc1ccc(CN2CCC(C)CC2)cc1)N1CCOC(C2CCCO2)C1.I. The zero-order valence-electron chi connectivity index (χ0n) is 19.1. The Labute approximate surface area is 204 Å². The molecule has 3 heterocycles. The molecule has 31 heavy (non-hydrogen) atoms. The molecule has 1 aromatic carbocycles. The summed E-state index contributed by atoms with van der Waals surface area (Å²) in [5, 5.41) is 3.54. The first-order valence-electron chi connectivity index (χ1n) is 11.7. The van der Waals surface area contributed by atoms with E-state index in [1.54, 1.807) is 0 Å². The summed E-state index contributed by atoms with van der Waals surface area (Å²) >= 11 is 0. The largest absolute Gasteiger partial charge is 0.375 e. The lowest BCUT2D eigenvalue weighted by Gasteiger charge is -2.37. The summed E-state index contributed by atoms with van der Waals surface area (Å²) in [6, 6.07) is 9.05. The molecule has 3 aliphatic rings. The maximum Gasteiger partial charge on any atom is 0.194 e. The molecule has 2 unspecified atom stereocenters. The lowest BCUT2D eigenvalue weighted by Crippen LogP contribution is -2.53. The maximum atomic E-state index is 5.98. The first kappa shape index (κ1) is 24.7. The maximum absolute atomic E-state index is 5.98. The van der Waals surface area contributed by atoms with Crippen LogP contribution in [0.4, 0.5) is 0 Å². The zero-order chi connectivity index (χ0) is 20.8. The van der Waals surface area contributed by atoms with Gasteiger partial charge in [-0.1, -0.05) is 31.2 Å². The van der Waals surface area contributed by atoms with Gasteiger partial charge in [-0.15, -0.1) is 24.0 Å². The summed E-state index contributed by atoms with van der Waals surface area (Å²) in [6.45, 7) is 10.00. The van der Waals surface area contributed by atoms with E-state index in [1.165, 1.54) is 37.1 Å². The van der Waals surface area contributed by atoms with Crippen LogP contribution in [0.5, 0.6) is 0 Å². The van der Waals surface area contributed by atoms with Gasteiger partial charge < -0.3 is 19.7 Å². The fraction of sp³-hybridized carbons (Fsp3) is 0.708. The number of rotatable bonds is 5. The lowest BCUT2D eigenvalue weighted by atomic mass is 9.99. The van der Waals surface area contributed by atoms with Crippen LogP contribution in [-0.2, 0) is 22.6 Å². The van der Waals surface area contributed by atoms with E-state index in [4.69, 9.17) is 9.47 Å². The van der Waals surface area contributed by atoms with E-state index < -0.39 is 0 Å². The number of hydrogen-bond donors (Lipinski definition) is 1. The molecule has 3 aliphatic heterocycles. The van der Waals surface area contributed by atoms with Gasteiger partial charge in [0.1, 0.15) is 6.10 Å². The second-order valence-corrected chi connectivity index (χ2v) is 9.08. The number of guanidine groups is 1. The van der Waals surface area contributed by atoms with Crippen LogP contribution in [-0.4, -0.2) is 74.4 Å². The summed E-state index contributed by atoms with van der Waals surface area (Å²) in [5.74, 6) is 1.84. The van der Waals surface area contributed by atoms with Gasteiger partial charge in [0.15, 0.2) is 5.96 Å². The van der Waals surface area contributed by atoms with Gasteiger partial charge in [-0.3, -0.25) is 9.89 Å². The van der Waals surface area contributed by atoms with Crippen LogP contribution in [0.3, 0.4) is 0 Å². The number of ether oxygens (including phenoxy) is 2. The van der Waals surface area contributed by atoms with Crippen LogP contribution in [0.1, 0.15) is 43.7 Å². The summed E-state index contributed by atoms with van der Waals surface area (Å²) in [7, 11) is 1.86. The summed E-state index contributed by atoms with van der Waals surface area (Å²) < 4.78 is 11.8. The van der Waals surface area contributed by atoms with Crippen LogP contribution in [0, 0.1) is 5.92 Å². The molecule has 1 N–H and O–H groups in total. The van der Waals surface area contributed by atoms with E-state index in [1.807, 2.05) is 7.05 Å². The van der Waals surface area contributed by atoms with Crippen molar-refractivity contribution in [3.05, 3.63) is 35.4 Å². The standard InChI is InChI=1S/C24H38N4O2.HI/c1-19-9-11-27(12-10-19)17-21-7-5-20(6-8-21)16-26-24(25-2)28-13-15-30-23(18-28)22-4-3-14-29-22;/h5-8,19,22-23H,3-4,9-18H2,1-2H3,(H,25,26);1H. The molecule has 2 atom stereocenters. The van der Waals surface area contributed by atoms with E-state index in [9.17, 15) is 0 Å². The molecule has 7 heteroatoms. The van der Waals surface area contributed by atoms with Crippen LogP contribution in [0.25, 0.3) is 0 Å². The average molecular weight is 543 g/mol. The van der Waals surface area contributed by atoms with Gasteiger partial charge in [0.05, 0.1) is 12.7 Å². The van der Waals surface area contributed by atoms with Crippen molar-refractivity contribution in [2.45, 2.75) is 57.9 Å². The molecule has 0 saturated carbocycles. The minimum Gasteiger partial charge on any atom is -0.375 e. The zero-order valence-corrected chi connectivity index (χ0v) is 21.4. The Morgan fingerprint density at radius 1 is 1.00 bits per heavy atom. The van der Waals surface area contributed by atoms with E-state index in [2.05, 4.69) is 51.3 Å². The van der Waals surface area contributed by atoms with Gasteiger partial charge in [-0.05, 0) is 55.8 Å². The summed E-state index contributed by atoms with van der Waals surface area (Å²) in [4.78, 5) is 9.41. The molecule has 0 aliphatic carbocycles. The first-order chi connectivity index (χ1) is 14.7. The number of likely N-dealkylation sites (tertiary alicyclic amines) is 1. The van der Waals surface area contributed by atoms with Crippen molar-refractivity contribution in [3.63, 3.8) is 0 Å². The normalized spacial score (nSPS) is 26.0. The quantitative estimate of drug-likeness (QED) is 0.351. The molecule has 0 radical (unpaired) electrons. The summed E-state index contributed by atoms with van der Waals surface area (Å²) in [5.41, 5.74) is 2.70. The highest BCUT2D eigenvalue weighted by atomic mass is 127. The smallest absolute Gasteiger partial charge is 0.194 e. The Kier molecular flexibility index (Phi) is 9.87. The van der Waals surface area contributed by atoms with E-state index in [-0.39, 0.29) is 36.2 Å². The monoisotopic (exact) mass is 542 g/mol. The highest BCUT2D eigenvalue weighted by Crippen LogP contribution is 2.21. The third-order valence-electron chi connectivity index (χ3n) is 6.74. The van der Waals surface area contributed by atoms with Crippen molar-refractivity contribution in [1.29, 1.82) is 0 Å². The number of nitrogens with zero attached hydrogens (tertiary/aromatic N) is 3. The molecule has 6 nitrogen and oxygen atoms in total. The number of hydrogen-bond acceptors (Lipinski definition) is 4. The molecule has 0 bridgehead atoms. The van der Waals surface area contributed by atoms with Gasteiger partial charge in [-0.2, -0.15) is 0 Å². The van der Waals surface area contributed by atoms with E-state index in [0.29, 0.717) is 0 Å². The lowest BCUT2D eigenvalue weighted by molar-refractivity contribution is -0.0817. The van der Waals surface area contributed by atoms with Crippen LogP contribution >= 0.6 is 24.0 Å². The van der Waals surface area contributed by atoms with E-state index >= 15 is 0 Å². The number of aliphatic imine (C=N–C) groups is 1. The fourth-order valence-electron chi connectivity index (χ4n) is 4.74. The topological polar surface area (TPSA) is 49.3 Å². The third-order valence-corrected chi connectivity index (χ3v) is 6.74. The molecule has 174 valence electrons.